The zero-order valence-corrected chi connectivity index (χ0v) is 21.3. The molecule has 0 spiro atoms. The number of piperazine rings is 1. The molecule has 9 nitrogen and oxygen atoms in total. The summed E-state index contributed by atoms with van der Waals surface area (Å²) in [4.78, 5) is 29.5. The van der Waals surface area contributed by atoms with Crippen LogP contribution >= 0.6 is 0 Å². The minimum atomic E-state index is -0.919. The number of aromatic nitrogens is 2. The SMILES string of the molecule is CCN1C(=O)N(c2c(F)ccc(OC)c2F)Cc2cnc(NCCCCCN3CCN(C)CC3)nc21. The Balaban J connectivity index is 1.36. The molecule has 11 heteroatoms. The summed E-state index contributed by atoms with van der Waals surface area (Å²) in [5.74, 6) is -1.00. The molecule has 1 N–H and O–H groups in total. The van der Waals surface area contributed by atoms with E-state index in [-0.39, 0.29) is 18.8 Å². The molecule has 0 radical (unpaired) electrons. The lowest BCUT2D eigenvalue weighted by molar-refractivity contribution is 0.152. The number of amides is 2. The maximum absolute atomic E-state index is 14.9. The second-order valence-corrected chi connectivity index (χ2v) is 9.20. The molecule has 0 aliphatic carbocycles. The molecular weight excluding hydrogens is 468 g/mol. The highest BCUT2D eigenvalue weighted by Crippen LogP contribution is 2.36. The Morgan fingerprint density at radius 2 is 1.89 bits per heavy atom. The molecule has 2 aliphatic heterocycles. The summed E-state index contributed by atoms with van der Waals surface area (Å²) in [5.41, 5.74) is 0.165. The van der Waals surface area contributed by atoms with Crippen molar-refractivity contribution in [2.45, 2.75) is 32.7 Å². The van der Waals surface area contributed by atoms with Gasteiger partial charge in [-0.3, -0.25) is 9.80 Å². The summed E-state index contributed by atoms with van der Waals surface area (Å²) >= 11 is 0. The van der Waals surface area contributed by atoms with E-state index in [4.69, 9.17) is 4.74 Å². The predicted molar refractivity (Wildman–Crippen MR) is 136 cm³/mol. The summed E-state index contributed by atoms with van der Waals surface area (Å²) in [6, 6.07) is 1.73. The molecule has 0 unspecified atom stereocenters. The van der Waals surface area contributed by atoms with Crippen molar-refractivity contribution in [3.8, 4) is 5.75 Å². The molecule has 2 aliphatic rings. The first-order valence-corrected chi connectivity index (χ1v) is 12.5. The fourth-order valence-corrected chi connectivity index (χ4v) is 4.60. The number of likely N-dealkylation sites (N-methyl/N-ethyl adjacent to an activating group) is 1. The van der Waals surface area contributed by atoms with Crippen molar-refractivity contribution in [3.63, 3.8) is 0 Å². The quantitative estimate of drug-likeness (QED) is 0.497. The fraction of sp³-hybridized carbons (Fsp3) is 0.560. The average Bonchev–Trinajstić information content (AvgIpc) is 2.87. The number of fused-ring (bicyclic) bond motifs is 1. The normalized spacial score (nSPS) is 16.9. The second kappa shape index (κ2) is 11.8. The number of ether oxygens (including phenoxy) is 1. The minimum absolute atomic E-state index is 0.0434. The lowest BCUT2D eigenvalue weighted by Crippen LogP contribution is -2.48. The van der Waals surface area contributed by atoms with Crippen LogP contribution in [-0.2, 0) is 6.54 Å². The van der Waals surface area contributed by atoms with Gasteiger partial charge in [-0.25, -0.2) is 18.6 Å². The smallest absolute Gasteiger partial charge is 0.330 e. The Hall–Kier alpha value is -3.05. The van der Waals surface area contributed by atoms with Gasteiger partial charge in [-0.2, -0.15) is 4.98 Å². The van der Waals surface area contributed by atoms with E-state index in [1.165, 1.54) is 18.1 Å². The molecule has 2 aromatic rings. The molecular formula is C25H35F2N7O2. The lowest BCUT2D eigenvalue weighted by Gasteiger charge is -2.35. The van der Waals surface area contributed by atoms with E-state index in [2.05, 4.69) is 32.1 Å². The molecule has 1 aromatic heterocycles. The Morgan fingerprint density at radius 3 is 2.61 bits per heavy atom. The number of urea groups is 1. The molecule has 1 aromatic carbocycles. The highest BCUT2D eigenvalue weighted by Gasteiger charge is 2.35. The van der Waals surface area contributed by atoms with E-state index in [0.29, 0.717) is 17.3 Å². The summed E-state index contributed by atoms with van der Waals surface area (Å²) in [7, 11) is 3.46. The number of benzene rings is 1. The molecule has 0 saturated carbocycles. The Kier molecular flexibility index (Phi) is 8.52. The van der Waals surface area contributed by atoms with Crippen molar-refractivity contribution in [2.24, 2.45) is 0 Å². The van der Waals surface area contributed by atoms with Gasteiger partial charge in [0, 0.05) is 51.0 Å². The van der Waals surface area contributed by atoms with Gasteiger partial charge in [0.15, 0.2) is 11.6 Å². The predicted octanol–water partition coefficient (Wildman–Crippen LogP) is 3.56. The van der Waals surface area contributed by atoms with Gasteiger partial charge >= 0.3 is 6.03 Å². The van der Waals surface area contributed by atoms with Crippen LogP contribution in [0.3, 0.4) is 0 Å². The molecule has 4 rings (SSSR count). The molecule has 36 heavy (non-hydrogen) atoms. The first-order chi connectivity index (χ1) is 17.4. The fourth-order valence-electron chi connectivity index (χ4n) is 4.60. The van der Waals surface area contributed by atoms with Crippen molar-refractivity contribution in [2.75, 3.05) is 75.1 Å². The average molecular weight is 504 g/mol. The number of nitrogens with zero attached hydrogens (tertiary/aromatic N) is 6. The summed E-state index contributed by atoms with van der Waals surface area (Å²) in [6.07, 6.45) is 4.86. The van der Waals surface area contributed by atoms with E-state index >= 15 is 0 Å². The van der Waals surface area contributed by atoms with Gasteiger partial charge in [0.05, 0.1) is 13.7 Å². The standard InChI is InChI=1S/C25H35F2N7O2/c1-4-33-23-18(17-34(25(33)35)22-19(26)8-9-20(36-3)21(22)27)16-29-24(30-23)28-10-6-5-7-11-32-14-12-31(2)13-15-32/h8-9,16H,4-7,10-15,17H2,1-3H3,(H,28,29,30). The molecule has 196 valence electrons. The highest BCUT2D eigenvalue weighted by atomic mass is 19.1. The molecule has 2 amide bonds. The van der Waals surface area contributed by atoms with Crippen LogP contribution in [0.25, 0.3) is 0 Å². The van der Waals surface area contributed by atoms with Crippen molar-refractivity contribution >= 4 is 23.5 Å². The van der Waals surface area contributed by atoms with Crippen LogP contribution in [0.4, 0.5) is 31.0 Å². The number of hydrogen-bond acceptors (Lipinski definition) is 7. The molecule has 3 heterocycles. The van der Waals surface area contributed by atoms with E-state index in [0.717, 1.165) is 69.5 Å². The third kappa shape index (κ3) is 5.67. The van der Waals surface area contributed by atoms with Gasteiger partial charge in [0.1, 0.15) is 17.3 Å². The Labute approximate surface area is 211 Å². The van der Waals surface area contributed by atoms with E-state index in [1.807, 2.05) is 0 Å². The number of anilines is 3. The number of hydrogen-bond donors (Lipinski definition) is 1. The number of carbonyl (C=O) groups excluding carboxylic acids is 1. The van der Waals surface area contributed by atoms with Crippen LogP contribution in [-0.4, -0.2) is 85.8 Å². The van der Waals surface area contributed by atoms with Gasteiger partial charge in [0.2, 0.25) is 5.95 Å². The zero-order chi connectivity index (χ0) is 25.7. The summed E-state index contributed by atoms with van der Waals surface area (Å²) in [5, 5.41) is 3.24. The molecule has 0 atom stereocenters. The lowest BCUT2D eigenvalue weighted by atomic mass is 10.1. The third-order valence-corrected chi connectivity index (χ3v) is 6.76. The van der Waals surface area contributed by atoms with Crippen molar-refractivity contribution in [1.29, 1.82) is 0 Å². The van der Waals surface area contributed by atoms with Crippen LogP contribution < -0.4 is 19.9 Å². The van der Waals surface area contributed by atoms with Gasteiger partial charge < -0.3 is 19.9 Å². The molecule has 1 saturated heterocycles. The van der Waals surface area contributed by atoms with E-state index < -0.39 is 23.4 Å². The number of unbranched alkanes of at least 4 members (excludes halogenated alkanes) is 2. The number of nitrogens with one attached hydrogen (secondary N) is 1. The van der Waals surface area contributed by atoms with Gasteiger partial charge in [0.25, 0.3) is 0 Å². The topological polar surface area (TPSA) is 77.1 Å². The second-order valence-electron chi connectivity index (χ2n) is 9.20. The van der Waals surface area contributed by atoms with Crippen LogP contribution in [0.15, 0.2) is 18.3 Å². The summed E-state index contributed by atoms with van der Waals surface area (Å²) in [6.45, 7) is 8.44. The van der Waals surface area contributed by atoms with E-state index in [1.54, 1.807) is 13.1 Å². The van der Waals surface area contributed by atoms with Crippen molar-refractivity contribution in [3.05, 3.63) is 35.5 Å². The molecule has 0 bridgehead atoms. The summed E-state index contributed by atoms with van der Waals surface area (Å²) < 4.78 is 34.5. The number of halogens is 2. The third-order valence-electron chi connectivity index (χ3n) is 6.76. The number of carbonyl (C=O) groups is 1. The van der Waals surface area contributed by atoms with Crippen LogP contribution in [0.5, 0.6) is 5.75 Å². The van der Waals surface area contributed by atoms with Gasteiger partial charge in [-0.05, 0) is 45.5 Å². The van der Waals surface area contributed by atoms with Gasteiger partial charge in [-0.15, -0.1) is 0 Å². The Bertz CT molecular complexity index is 1060. The Morgan fingerprint density at radius 1 is 1.11 bits per heavy atom. The maximum Gasteiger partial charge on any atom is 0.330 e. The zero-order valence-electron chi connectivity index (χ0n) is 21.3. The number of methoxy groups -OCH3 is 1. The highest BCUT2D eigenvalue weighted by molar-refractivity contribution is 6.05. The van der Waals surface area contributed by atoms with Crippen LogP contribution in [0.1, 0.15) is 31.7 Å². The number of rotatable bonds is 10. The van der Waals surface area contributed by atoms with Crippen LogP contribution in [0, 0.1) is 11.6 Å². The molecule has 1 fully saturated rings. The van der Waals surface area contributed by atoms with Crippen LogP contribution in [0.2, 0.25) is 0 Å². The largest absolute Gasteiger partial charge is 0.494 e. The van der Waals surface area contributed by atoms with E-state index in [9.17, 15) is 13.6 Å². The van der Waals surface area contributed by atoms with Crippen molar-refractivity contribution in [1.82, 2.24) is 19.8 Å². The minimum Gasteiger partial charge on any atom is -0.494 e. The maximum atomic E-state index is 14.9. The van der Waals surface area contributed by atoms with Gasteiger partial charge in [-0.1, -0.05) is 6.42 Å². The first kappa shape index (κ1) is 26.0. The first-order valence-electron chi connectivity index (χ1n) is 12.5. The van der Waals surface area contributed by atoms with Crippen molar-refractivity contribution < 1.29 is 18.3 Å². The monoisotopic (exact) mass is 503 g/mol.